The highest BCUT2D eigenvalue weighted by molar-refractivity contribution is 5.53. The summed E-state index contributed by atoms with van der Waals surface area (Å²) < 4.78 is 5.87. The van der Waals surface area contributed by atoms with Gasteiger partial charge in [0.05, 0.1) is 12.6 Å². The molecule has 1 N–H and O–H groups in total. The third-order valence-corrected chi connectivity index (χ3v) is 4.73. The molecule has 5 nitrogen and oxygen atoms in total. The maximum absolute atomic E-state index is 10.6. The molecule has 5 heteroatoms. The van der Waals surface area contributed by atoms with Crippen LogP contribution >= 0.6 is 0 Å². The predicted molar refractivity (Wildman–Crippen MR) is 99.3 cm³/mol. The molecular weight excluding hydrogens is 326 g/mol. The maximum atomic E-state index is 10.6. The minimum atomic E-state index is -0.518. The fourth-order valence-corrected chi connectivity index (χ4v) is 3.17. The standard InChI is InChI=1S/C21H23N3O2/c1-15-6-5-9-17(12-15)21-23-22-20(26-21)14-24(18-10-11-18)13-19(25)16-7-3-2-4-8-16/h2-9,12,18-19,25H,10-11,13-14H2,1H3/t19-/m1/s1. The van der Waals surface area contributed by atoms with Gasteiger partial charge in [0.15, 0.2) is 0 Å². The number of hydrogen-bond donors (Lipinski definition) is 1. The zero-order valence-corrected chi connectivity index (χ0v) is 14.9. The molecule has 1 heterocycles. The van der Waals surface area contributed by atoms with Gasteiger partial charge in [-0.2, -0.15) is 0 Å². The average molecular weight is 349 g/mol. The highest BCUT2D eigenvalue weighted by atomic mass is 16.4. The topological polar surface area (TPSA) is 62.4 Å². The van der Waals surface area contributed by atoms with Gasteiger partial charge < -0.3 is 9.52 Å². The zero-order chi connectivity index (χ0) is 17.9. The van der Waals surface area contributed by atoms with Crippen molar-refractivity contribution in [1.29, 1.82) is 0 Å². The lowest BCUT2D eigenvalue weighted by Gasteiger charge is -2.23. The van der Waals surface area contributed by atoms with E-state index in [9.17, 15) is 5.11 Å². The fourth-order valence-electron chi connectivity index (χ4n) is 3.17. The van der Waals surface area contributed by atoms with Crippen LogP contribution in [0.4, 0.5) is 0 Å². The number of hydrogen-bond acceptors (Lipinski definition) is 5. The van der Waals surface area contributed by atoms with E-state index in [0.717, 1.165) is 29.5 Å². The second-order valence-electron chi connectivity index (χ2n) is 6.96. The van der Waals surface area contributed by atoms with E-state index in [1.807, 2.05) is 61.5 Å². The molecule has 2 aromatic carbocycles. The van der Waals surface area contributed by atoms with Crippen LogP contribution in [0.5, 0.6) is 0 Å². The molecular formula is C21H23N3O2. The molecule has 1 fully saturated rings. The van der Waals surface area contributed by atoms with Crippen molar-refractivity contribution >= 4 is 0 Å². The molecule has 1 aromatic heterocycles. The molecule has 1 aliphatic carbocycles. The molecule has 1 aliphatic rings. The van der Waals surface area contributed by atoms with Crippen LogP contribution in [0.3, 0.4) is 0 Å². The SMILES string of the molecule is Cc1cccc(-c2nnc(CN(C[C@@H](O)c3ccccc3)C3CC3)o2)c1. The third kappa shape index (κ3) is 4.00. The van der Waals surface area contributed by atoms with Crippen LogP contribution in [0.25, 0.3) is 11.5 Å². The molecule has 0 unspecified atom stereocenters. The molecule has 1 saturated carbocycles. The lowest BCUT2D eigenvalue weighted by atomic mass is 10.1. The largest absolute Gasteiger partial charge is 0.419 e. The average Bonchev–Trinajstić information content (AvgIpc) is 3.41. The molecule has 3 aromatic rings. The molecule has 0 radical (unpaired) electrons. The van der Waals surface area contributed by atoms with Crippen molar-refractivity contribution in [3.63, 3.8) is 0 Å². The first-order chi connectivity index (χ1) is 12.7. The number of nitrogens with zero attached hydrogens (tertiary/aromatic N) is 3. The molecule has 1 atom stereocenters. The van der Waals surface area contributed by atoms with Crippen LogP contribution in [0, 0.1) is 6.92 Å². The first-order valence-electron chi connectivity index (χ1n) is 9.05. The van der Waals surface area contributed by atoms with E-state index < -0.39 is 6.10 Å². The van der Waals surface area contributed by atoms with Crippen molar-refractivity contribution in [1.82, 2.24) is 15.1 Å². The van der Waals surface area contributed by atoms with E-state index in [2.05, 4.69) is 15.1 Å². The Hall–Kier alpha value is -2.50. The number of rotatable bonds is 7. The van der Waals surface area contributed by atoms with E-state index in [0.29, 0.717) is 30.9 Å². The van der Waals surface area contributed by atoms with Crippen molar-refractivity contribution in [2.45, 2.75) is 38.5 Å². The summed E-state index contributed by atoms with van der Waals surface area (Å²) in [5.74, 6) is 1.14. The van der Waals surface area contributed by atoms with Crippen LogP contribution in [-0.4, -0.2) is 32.8 Å². The first kappa shape index (κ1) is 16.9. The van der Waals surface area contributed by atoms with Gasteiger partial charge in [0.25, 0.3) is 0 Å². The van der Waals surface area contributed by atoms with E-state index in [1.54, 1.807) is 0 Å². The number of aliphatic hydroxyl groups is 1. The fraction of sp³-hybridized carbons (Fsp3) is 0.333. The second-order valence-corrected chi connectivity index (χ2v) is 6.96. The Morgan fingerprint density at radius 1 is 1.12 bits per heavy atom. The minimum absolute atomic E-state index is 0.489. The van der Waals surface area contributed by atoms with E-state index in [4.69, 9.17) is 4.42 Å². The van der Waals surface area contributed by atoms with Crippen molar-refractivity contribution < 1.29 is 9.52 Å². The van der Waals surface area contributed by atoms with Crippen LogP contribution in [0.15, 0.2) is 59.0 Å². The van der Waals surface area contributed by atoms with Gasteiger partial charge in [-0.25, -0.2) is 0 Å². The Morgan fingerprint density at radius 3 is 2.65 bits per heavy atom. The van der Waals surface area contributed by atoms with Gasteiger partial charge in [0.2, 0.25) is 11.8 Å². The van der Waals surface area contributed by atoms with E-state index in [1.165, 1.54) is 0 Å². The Balaban J connectivity index is 1.46. The highest BCUT2D eigenvalue weighted by Gasteiger charge is 2.31. The van der Waals surface area contributed by atoms with Crippen LogP contribution in [0.1, 0.15) is 36.0 Å². The van der Waals surface area contributed by atoms with Gasteiger partial charge in [0.1, 0.15) is 0 Å². The molecule has 4 rings (SSSR count). The monoisotopic (exact) mass is 349 g/mol. The first-order valence-corrected chi connectivity index (χ1v) is 9.05. The second kappa shape index (κ2) is 7.40. The van der Waals surface area contributed by atoms with Crippen molar-refractivity contribution in [3.05, 3.63) is 71.6 Å². The quantitative estimate of drug-likeness (QED) is 0.704. The lowest BCUT2D eigenvalue weighted by Crippen LogP contribution is -2.30. The smallest absolute Gasteiger partial charge is 0.247 e. The minimum Gasteiger partial charge on any atom is -0.419 e. The molecule has 0 saturated heterocycles. The van der Waals surface area contributed by atoms with Crippen LogP contribution in [-0.2, 0) is 6.54 Å². The molecule has 0 aliphatic heterocycles. The van der Waals surface area contributed by atoms with Crippen LogP contribution in [0.2, 0.25) is 0 Å². The predicted octanol–water partition coefficient (Wildman–Crippen LogP) is 3.74. The number of benzene rings is 2. The Kier molecular flexibility index (Phi) is 4.82. The van der Waals surface area contributed by atoms with Gasteiger partial charge in [-0.05, 0) is 37.5 Å². The summed E-state index contributed by atoms with van der Waals surface area (Å²) in [7, 11) is 0. The highest BCUT2D eigenvalue weighted by Crippen LogP contribution is 2.30. The Morgan fingerprint density at radius 2 is 1.92 bits per heavy atom. The van der Waals surface area contributed by atoms with Crippen molar-refractivity contribution in [2.75, 3.05) is 6.54 Å². The van der Waals surface area contributed by atoms with Gasteiger partial charge in [0, 0.05) is 18.2 Å². The molecule has 134 valence electrons. The van der Waals surface area contributed by atoms with Gasteiger partial charge in [-0.15, -0.1) is 10.2 Å². The zero-order valence-electron chi connectivity index (χ0n) is 14.9. The molecule has 26 heavy (non-hydrogen) atoms. The lowest BCUT2D eigenvalue weighted by molar-refractivity contribution is 0.0990. The summed E-state index contributed by atoms with van der Waals surface area (Å²) in [6.45, 7) is 3.17. The number of aromatic nitrogens is 2. The molecule has 0 bridgehead atoms. The maximum Gasteiger partial charge on any atom is 0.247 e. The summed E-state index contributed by atoms with van der Waals surface area (Å²) in [4.78, 5) is 2.24. The summed E-state index contributed by atoms with van der Waals surface area (Å²) in [5.41, 5.74) is 3.03. The summed E-state index contributed by atoms with van der Waals surface area (Å²) in [6, 6.07) is 18.3. The molecule has 0 amide bonds. The molecule has 0 spiro atoms. The summed E-state index contributed by atoms with van der Waals surface area (Å²) in [6.07, 6.45) is 1.79. The summed E-state index contributed by atoms with van der Waals surface area (Å²) >= 11 is 0. The van der Waals surface area contributed by atoms with Gasteiger partial charge >= 0.3 is 0 Å². The van der Waals surface area contributed by atoms with E-state index in [-0.39, 0.29) is 0 Å². The number of aliphatic hydroxyl groups excluding tert-OH is 1. The number of aryl methyl sites for hydroxylation is 1. The van der Waals surface area contributed by atoms with Gasteiger partial charge in [-0.3, -0.25) is 4.90 Å². The third-order valence-electron chi connectivity index (χ3n) is 4.73. The Labute approximate surface area is 153 Å². The van der Waals surface area contributed by atoms with E-state index >= 15 is 0 Å². The van der Waals surface area contributed by atoms with Gasteiger partial charge in [-0.1, -0.05) is 48.0 Å². The van der Waals surface area contributed by atoms with Crippen LogP contribution < -0.4 is 0 Å². The Bertz CT molecular complexity index is 858. The summed E-state index contributed by atoms with van der Waals surface area (Å²) in [5, 5.41) is 19.0. The van der Waals surface area contributed by atoms with Crippen molar-refractivity contribution in [3.8, 4) is 11.5 Å². The normalized spacial score (nSPS) is 15.3. The van der Waals surface area contributed by atoms with Crippen molar-refractivity contribution in [2.24, 2.45) is 0 Å².